The molecule has 0 radical (unpaired) electrons. The van der Waals surface area contributed by atoms with Gasteiger partial charge in [-0.2, -0.15) is 0 Å². The molecule has 0 saturated carbocycles. The standard InChI is InChI=1S/C11H10O3/c1-11(7-9(12)14-10(11)13)8-5-3-2-4-6-8/h2-6H,7H2,1H3. The Balaban J connectivity index is 2.43. The van der Waals surface area contributed by atoms with Gasteiger partial charge in [-0.3, -0.25) is 9.59 Å². The number of ether oxygens (including phenoxy) is 1. The molecule has 2 rings (SSSR count). The van der Waals surface area contributed by atoms with Crippen molar-refractivity contribution in [2.75, 3.05) is 0 Å². The van der Waals surface area contributed by atoms with E-state index in [2.05, 4.69) is 4.74 Å². The molecule has 1 atom stereocenters. The van der Waals surface area contributed by atoms with Crippen LogP contribution < -0.4 is 0 Å². The lowest BCUT2D eigenvalue weighted by Crippen LogP contribution is -2.27. The summed E-state index contributed by atoms with van der Waals surface area (Å²) in [6, 6.07) is 9.22. The van der Waals surface area contributed by atoms with E-state index in [0.29, 0.717) is 0 Å². The number of rotatable bonds is 1. The summed E-state index contributed by atoms with van der Waals surface area (Å²) < 4.78 is 4.55. The number of benzene rings is 1. The van der Waals surface area contributed by atoms with E-state index in [4.69, 9.17) is 0 Å². The first-order valence-electron chi connectivity index (χ1n) is 4.43. The van der Waals surface area contributed by atoms with Crippen LogP contribution in [0, 0.1) is 0 Å². The smallest absolute Gasteiger partial charge is 0.324 e. The zero-order chi connectivity index (χ0) is 10.2. The van der Waals surface area contributed by atoms with Crippen LogP contribution in [0.3, 0.4) is 0 Å². The molecule has 0 spiro atoms. The van der Waals surface area contributed by atoms with Crippen molar-refractivity contribution in [1.82, 2.24) is 0 Å². The van der Waals surface area contributed by atoms with Crippen LogP contribution in [0.25, 0.3) is 0 Å². The van der Waals surface area contributed by atoms with Gasteiger partial charge in [-0.25, -0.2) is 0 Å². The maximum atomic E-state index is 11.5. The van der Waals surface area contributed by atoms with Crippen LogP contribution in [0.2, 0.25) is 0 Å². The number of carbonyl (C=O) groups is 2. The zero-order valence-corrected chi connectivity index (χ0v) is 7.82. The van der Waals surface area contributed by atoms with Crippen molar-refractivity contribution in [1.29, 1.82) is 0 Å². The highest BCUT2D eigenvalue weighted by atomic mass is 16.6. The number of hydrogen-bond acceptors (Lipinski definition) is 3. The van der Waals surface area contributed by atoms with Gasteiger partial charge in [-0.05, 0) is 12.5 Å². The van der Waals surface area contributed by atoms with Gasteiger partial charge >= 0.3 is 11.9 Å². The van der Waals surface area contributed by atoms with Crippen LogP contribution in [0.4, 0.5) is 0 Å². The first-order valence-corrected chi connectivity index (χ1v) is 4.43. The second kappa shape index (κ2) is 2.94. The molecule has 0 N–H and O–H groups in total. The molecule has 1 saturated heterocycles. The molecule has 1 aliphatic rings. The van der Waals surface area contributed by atoms with Crippen molar-refractivity contribution in [2.24, 2.45) is 0 Å². The van der Waals surface area contributed by atoms with E-state index in [1.54, 1.807) is 6.92 Å². The lowest BCUT2D eigenvalue weighted by atomic mass is 9.81. The quantitative estimate of drug-likeness (QED) is 0.497. The molecule has 3 heteroatoms. The number of hydrogen-bond donors (Lipinski definition) is 0. The SMILES string of the molecule is CC1(c2ccccc2)CC(=O)OC1=O. The molecule has 14 heavy (non-hydrogen) atoms. The molecule has 0 aromatic heterocycles. The monoisotopic (exact) mass is 190 g/mol. The number of cyclic esters (lactones) is 2. The van der Waals surface area contributed by atoms with Gasteiger partial charge in [0.2, 0.25) is 0 Å². The molecular weight excluding hydrogens is 180 g/mol. The van der Waals surface area contributed by atoms with E-state index in [1.165, 1.54) is 0 Å². The van der Waals surface area contributed by atoms with Gasteiger partial charge in [0.05, 0.1) is 6.42 Å². The van der Waals surface area contributed by atoms with Crippen LogP contribution in [0.5, 0.6) is 0 Å². The largest absolute Gasteiger partial charge is 0.392 e. The topological polar surface area (TPSA) is 43.4 Å². The van der Waals surface area contributed by atoms with Gasteiger partial charge < -0.3 is 4.74 Å². The lowest BCUT2D eigenvalue weighted by molar-refractivity contribution is -0.153. The maximum absolute atomic E-state index is 11.5. The molecule has 1 aromatic carbocycles. The van der Waals surface area contributed by atoms with E-state index in [0.717, 1.165) is 5.56 Å². The summed E-state index contributed by atoms with van der Waals surface area (Å²) in [7, 11) is 0. The van der Waals surface area contributed by atoms with Crippen molar-refractivity contribution < 1.29 is 14.3 Å². The average Bonchev–Trinajstić information content (AvgIpc) is 2.43. The summed E-state index contributed by atoms with van der Waals surface area (Å²) in [6.07, 6.45) is 0.135. The summed E-state index contributed by atoms with van der Waals surface area (Å²) in [5.41, 5.74) is 0.0362. The second-order valence-corrected chi connectivity index (χ2v) is 3.64. The molecule has 0 amide bonds. The van der Waals surface area contributed by atoms with Crippen LogP contribution in [-0.4, -0.2) is 11.9 Å². The van der Waals surface area contributed by atoms with Crippen molar-refractivity contribution in [3.05, 3.63) is 35.9 Å². The van der Waals surface area contributed by atoms with Crippen LogP contribution in [0.15, 0.2) is 30.3 Å². The predicted molar refractivity (Wildman–Crippen MR) is 49.5 cm³/mol. The third-order valence-electron chi connectivity index (χ3n) is 2.57. The summed E-state index contributed by atoms with van der Waals surface area (Å²) in [4.78, 5) is 22.5. The predicted octanol–water partition coefficient (Wildman–Crippen LogP) is 1.42. The van der Waals surface area contributed by atoms with Gasteiger partial charge in [0.1, 0.15) is 5.41 Å². The highest BCUT2D eigenvalue weighted by Gasteiger charge is 2.46. The van der Waals surface area contributed by atoms with Crippen molar-refractivity contribution in [3.8, 4) is 0 Å². The fourth-order valence-electron chi connectivity index (χ4n) is 1.64. The Morgan fingerprint density at radius 3 is 2.36 bits per heavy atom. The fourth-order valence-corrected chi connectivity index (χ4v) is 1.64. The number of carbonyl (C=O) groups excluding carboxylic acids is 2. The molecule has 1 aromatic rings. The Morgan fingerprint density at radius 1 is 1.21 bits per heavy atom. The summed E-state index contributed by atoms with van der Waals surface area (Å²) in [5, 5.41) is 0. The van der Waals surface area contributed by atoms with Gasteiger partial charge in [-0.1, -0.05) is 30.3 Å². The van der Waals surface area contributed by atoms with Gasteiger partial charge in [0.25, 0.3) is 0 Å². The van der Waals surface area contributed by atoms with E-state index >= 15 is 0 Å². The third kappa shape index (κ3) is 1.21. The highest BCUT2D eigenvalue weighted by Crippen LogP contribution is 2.34. The van der Waals surface area contributed by atoms with E-state index in [-0.39, 0.29) is 6.42 Å². The normalized spacial score (nSPS) is 26.4. The van der Waals surface area contributed by atoms with Crippen LogP contribution in [-0.2, 0) is 19.7 Å². The first kappa shape index (κ1) is 8.94. The Bertz CT molecular complexity index is 383. The first-order chi connectivity index (χ1) is 6.63. The van der Waals surface area contributed by atoms with Crippen LogP contribution >= 0.6 is 0 Å². The molecular formula is C11H10O3. The van der Waals surface area contributed by atoms with E-state index < -0.39 is 17.4 Å². The molecule has 3 nitrogen and oxygen atoms in total. The lowest BCUT2D eigenvalue weighted by Gasteiger charge is -2.17. The minimum atomic E-state index is -0.793. The molecule has 1 unspecified atom stereocenters. The molecule has 0 aliphatic carbocycles. The Labute approximate surface area is 81.7 Å². The second-order valence-electron chi connectivity index (χ2n) is 3.64. The van der Waals surface area contributed by atoms with Gasteiger partial charge in [-0.15, -0.1) is 0 Å². The van der Waals surface area contributed by atoms with E-state index in [9.17, 15) is 9.59 Å². The van der Waals surface area contributed by atoms with Crippen LogP contribution in [0.1, 0.15) is 18.9 Å². The maximum Gasteiger partial charge on any atom is 0.324 e. The minimum Gasteiger partial charge on any atom is -0.392 e. The Kier molecular flexibility index (Phi) is 1.88. The zero-order valence-electron chi connectivity index (χ0n) is 7.82. The molecule has 0 bridgehead atoms. The van der Waals surface area contributed by atoms with Crippen molar-refractivity contribution in [3.63, 3.8) is 0 Å². The Morgan fingerprint density at radius 2 is 1.86 bits per heavy atom. The molecule has 1 fully saturated rings. The minimum absolute atomic E-state index is 0.135. The Hall–Kier alpha value is -1.64. The van der Waals surface area contributed by atoms with Crippen molar-refractivity contribution in [2.45, 2.75) is 18.8 Å². The number of esters is 2. The van der Waals surface area contributed by atoms with Crippen molar-refractivity contribution >= 4 is 11.9 Å². The van der Waals surface area contributed by atoms with E-state index in [1.807, 2.05) is 30.3 Å². The average molecular weight is 190 g/mol. The molecule has 1 aliphatic heterocycles. The summed E-state index contributed by atoms with van der Waals surface area (Å²) in [5.74, 6) is -0.893. The van der Waals surface area contributed by atoms with Gasteiger partial charge in [0.15, 0.2) is 0 Å². The summed E-state index contributed by atoms with van der Waals surface area (Å²) >= 11 is 0. The molecule has 1 heterocycles. The van der Waals surface area contributed by atoms with Gasteiger partial charge in [0, 0.05) is 0 Å². The molecule has 72 valence electrons. The fraction of sp³-hybridized carbons (Fsp3) is 0.273. The third-order valence-corrected chi connectivity index (χ3v) is 2.57. The highest BCUT2D eigenvalue weighted by molar-refractivity contribution is 6.00. The summed E-state index contributed by atoms with van der Waals surface area (Å²) in [6.45, 7) is 1.73.